The summed E-state index contributed by atoms with van der Waals surface area (Å²) in [7, 11) is 0. The van der Waals surface area contributed by atoms with Crippen LogP contribution in [0.15, 0.2) is 194 Å². The predicted octanol–water partition coefficient (Wildman–Crippen LogP) is 12.8. The maximum Gasteiger partial charge on any atom is 0.235 e. The van der Waals surface area contributed by atoms with Crippen LogP contribution in [-0.2, 0) is 0 Å². The van der Waals surface area contributed by atoms with Crippen molar-refractivity contribution < 1.29 is 0 Å². The number of benzene rings is 8. The van der Waals surface area contributed by atoms with Crippen LogP contribution in [0.1, 0.15) is 0 Å². The van der Waals surface area contributed by atoms with E-state index in [9.17, 15) is 0 Å². The summed E-state index contributed by atoms with van der Waals surface area (Å²) in [6, 6.07) is 69.0. The second-order valence-corrected chi connectivity index (χ2v) is 13.8. The number of fused-ring (bicyclic) bond motifs is 9. The zero-order valence-electron chi connectivity index (χ0n) is 29.3. The molecule has 0 aliphatic carbocycles. The SMILES string of the molecule is c1ccc(-c2ccc(-n3c4c5ccccc5ccc4c4ccc5c(c6ccccc6n5-c5nc(-c6ccccc6)cc(-c6ccccc6)n5)c43)cc2)cc1. The van der Waals surface area contributed by atoms with Crippen LogP contribution < -0.4 is 0 Å². The Labute approximate surface area is 311 Å². The molecule has 0 N–H and O–H groups in total. The van der Waals surface area contributed by atoms with Gasteiger partial charge in [-0.15, -0.1) is 0 Å². The molecule has 0 bridgehead atoms. The van der Waals surface area contributed by atoms with Crippen molar-refractivity contribution in [2.75, 3.05) is 0 Å². The molecule has 11 rings (SSSR count). The van der Waals surface area contributed by atoms with E-state index in [4.69, 9.17) is 9.97 Å². The Morgan fingerprint density at radius 3 is 1.56 bits per heavy atom. The van der Waals surface area contributed by atoms with E-state index in [2.05, 4.69) is 191 Å². The lowest BCUT2D eigenvalue weighted by molar-refractivity contribution is 0.996. The van der Waals surface area contributed by atoms with Crippen molar-refractivity contribution in [3.8, 4) is 45.3 Å². The molecular weight excluding hydrogens is 657 g/mol. The zero-order valence-corrected chi connectivity index (χ0v) is 29.3. The van der Waals surface area contributed by atoms with Gasteiger partial charge in [0.2, 0.25) is 5.95 Å². The summed E-state index contributed by atoms with van der Waals surface area (Å²) in [5.41, 5.74) is 11.9. The summed E-state index contributed by atoms with van der Waals surface area (Å²) < 4.78 is 4.74. The van der Waals surface area contributed by atoms with Crippen LogP contribution in [0.3, 0.4) is 0 Å². The average molecular weight is 689 g/mol. The highest BCUT2D eigenvalue weighted by Crippen LogP contribution is 2.44. The number of rotatable bonds is 5. The van der Waals surface area contributed by atoms with E-state index in [1.165, 1.54) is 49.1 Å². The molecule has 3 heterocycles. The summed E-state index contributed by atoms with van der Waals surface area (Å²) >= 11 is 0. The first-order chi connectivity index (χ1) is 26.8. The molecule has 0 aliphatic heterocycles. The van der Waals surface area contributed by atoms with Crippen LogP contribution in [0.4, 0.5) is 0 Å². The molecule has 4 nitrogen and oxygen atoms in total. The van der Waals surface area contributed by atoms with E-state index in [0.717, 1.165) is 44.6 Å². The molecule has 11 aromatic rings. The topological polar surface area (TPSA) is 35.6 Å². The lowest BCUT2D eigenvalue weighted by Crippen LogP contribution is -2.04. The van der Waals surface area contributed by atoms with Crippen LogP contribution in [0, 0.1) is 0 Å². The Balaban J connectivity index is 1.26. The van der Waals surface area contributed by atoms with Gasteiger partial charge in [0.05, 0.1) is 33.5 Å². The molecule has 0 spiro atoms. The normalized spacial score (nSPS) is 11.7. The molecule has 8 aromatic carbocycles. The molecule has 0 amide bonds. The van der Waals surface area contributed by atoms with Crippen LogP contribution in [0.25, 0.3) is 99.7 Å². The second-order valence-electron chi connectivity index (χ2n) is 13.8. The van der Waals surface area contributed by atoms with Gasteiger partial charge in [0.15, 0.2) is 0 Å². The lowest BCUT2D eigenvalue weighted by Gasteiger charge is -2.13. The third kappa shape index (κ3) is 4.70. The van der Waals surface area contributed by atoms with Crippen molar-refractivity contribution in [2.24, 2.45) is 0 Å². The van der Waals surface area contributed by atoms with E-state index in [0.29, 0.717) is 5.95 Å². The molecule has 0 atom stereocenters. The Hall–Kier alpha value is -7.30. The molecule has 0 fully saturated rings. The van der Waals surface area contributed by atoms with E-state index in [1.54, 1.807) is 0 Å². The fourth-order valence-corrected chi connectivity index (χ4v) is 8.27. The average Bonchev–Trinajstić information content (AvgIpc) is 3.78. The largest absolute Gasteiger partial charge is 0.308 e. The minimum atomic E-state index is 0.640. The van der Waals surface area contributed by atoms with Gasteiger partial charge in [-0.25, -0.2) is 9.97 Å². The summed E-state index contributed by atoms with van der Waals surface area (Å²) in [5, 5.41) is 7.20. The van der Waals surface area contributed by atoms with Crippen molar-refractivity contribution in [1.82, 2.24) is 19.1 Å². The Bertz CT molecular complexity index is 3120. The first-order valence-corrected chi connectivity index (χ1v) is 18.3. The van der Waals surface area contributed by atoms with Gasteiger partial charge in [0.25, 0.3) is 0 Å². The molecule has 252 valence electrons. The predicted molar refractivity (Wildman–Crippen MR) is 225 cm³/mol. The maximum atomic E-state index is 5.30. The first kappa shape index (κ1) is 30.3. The summed E-state index contributed by atoms with van der Waals surface area (Å²) in [5.74, 6) is 0.640. The van der Waals surface area contributed by atoms with Gasteiger partial charge < -0.3 is 4.57 Å². The van der Waals surface area contributed by atoms with E-state index in [-0.39, 0.29) is 0 Å². The van der Waals surface area contributed by atoms with Crippen molar-refractivity contribution in [3.05, 3.63) is 194 Å². The van der Waals surface area contributed by atoms with Crippen LogP contribution in [-0.4, -0.2) is 19.1 Å². The van der Waals surface area contributed by atoms with E-state index in [1.807, 2.05) is 12.1 Å². The highest BCUT2D eigenvalue weighted by Gasteiger charge is 2.23. The van der Waals surface area contributed by atoms with Crippen molar-refractivity contribution in [1.29, 1.82) is 0 Å². The minimum Gasteiger partial charge on any atom is -0.308 e. The first-order valence-electron chi connectivity index (χ1n) is 18.3. The van der Waals surface area contributed by atoms with E-state index < -0.39 is 0 Å². The summed E-state index contributed by atoms with van der Waals surface area (Å²) in [4.78, 5) is 10.6. The van der Waals surface area contributed by atoms with Gasteiger partial charge in [-0.1, -0.05) is 164 Å². The Kier molecular flexibility index (Phi) is 6.82. The fraction of sp³-hybridized carbons (Fsp3) is 0. The monoisotopic (exact) mass is 688 g/mol. The number of nitrogens with zero attached hydrogens (tertiary/aromatic N) is 4. The standard InChI is InChI=1S/C50H32N4/c1-4-14-33(15-5-1)34-24-27-38(28-25-34)53-48-39-21-11-10-16-35(39)26-29-40(48)41-30-31-46-47(49(41)53)42-22-12-13-23-45(42)54(46)50-51-43(36-17-6-2-7-18-36)32-44(52-50)37-19-8-3-9-20-37/h1-32H. The third-order valence-electron chi connectivity index (χ3n) is 10.7. The second kappa shape index (κ2) is 12.1. The Morgan fingerprint density at radius 2 is 0.870 bits per heavy atom. The highest BCUT2D eigenvalue weighted by atomic mass is 15.2. The molecule has 54 heavy (non-hydrogen) atoms. The van der Waals surface area contributed by atoms with Gasteiger partial charge in [-0.2, -0.15) is 0 Å². The molecular formula is C50H32N4. The van der Waals surface area contributed by atoms with Gasteiger partial charge in [-0.05, 0) is 46.8 Å². The molecule has 3 aromatic heterocycles. The fourth-order valence-electron chi connectivity index (χ4n) is 8.27. The van der Waals surface area contributed by atoms with Crippen LogP contribution in [0.5, 0.6) is 0 Å². The molecule has 0 saturated carbocycles. The van der Waals surface area contributed by atoms with Gasteiger partial charge in [0.1, 0.15) is 0 Å². The summed E-state index contributed by atoms with van der Waals surface area (Å²) in [6.45, 7) is 0. The quantitative estimate of drug-likeness (QED) is 0.180. The molecule has 0 radical (unpaired) electrons. The molecule has 0 unspecified atom stereocenters. The van der Waals surface area contributed by atoms with E-state index >= 15 is 0 Å². The minimum absolute atomic E-state index is 0.640. The van der Waals surface area contributed by atoms with Crippen LogP contribution in [0.2, 0.25) is 0 Å². The van der Waals surface area contributed by atoms with Crippen LogP contribution >= 0.6 is 0 Å². The number of para-hydroxylation sites is 1. The Morgan fingerprint density at radius 1 is 0.333 bits per heavy atom. The maximum absolute atomic E-state index is 5.30. The number of hydrogen-bond acceptors (Lipinski definition) is 2. The van der Waals surface area contributed by atoms with Crippen molar-refractivity contribution in [2.45, 2.75) is 0 Å². The highest BCUT2D eigenvalue weighted by molar-refractivity contribution is 6.28. The van der Waals surface area contributed by atoms with Gasteiger partial charge in [0, 0.05) is 43.7 Å². The van der Waals surface area contributed by atoms with Crippen molar-refractivity contribution in [3.63, 3.8) is 0 Å². The van der Waals surface area contributed by atoms with Gasteiger partial charge >= 0.3 is 0 Å². The smallest absolute Gasteiger partial charge is 0.235 e. The number of hydrogen-bond donors (Lipinski definition) is 0. The molecule has 0 aliphatic rings. The lowest BCUT2D eigenvalue weighted by atomic mass is 10.0. The zero-order chi connectivity index (χ0) is 35.6. The molecule has 4 heteroatoms. The number of aromatic nitrogens is 4. The van der Waals surface area contributed by atoms with Gasteiger partial charge in [-0.3, -0.25) is 4.57 Å². The van der Waals surface area contributed by atoms with Crippen molar-refractivity contribution >= 4 is 54.4 Å². The molecule has 0 saturated heterocycles. The summed E-state index contributed by atoms with van der Waals surface area (Å²) in [6.07, 6.45) is 0. The third-order valence-corrected chi connectivity index (χ3v) is 10.7.